The van der Waals surface area contributed by atoms with Crippen molar-refractivity contribution >= 4 is 41.4 Å². The Kier molecular flexibility index (Phi) is 18.2. The van der Waals surface area contributed by atoms with E-state index in [1.54, 1.807) is 11.8 Å². The highest BCUT2D eigenvalue weighted by Crippen LogP contribution is 2.09. The molecule has 12 N–H and O–H groups in total. The van der Waals surface area contributed by atoms with E-state index in [-0.39, 0.29) is 37.7 Å². The molecule has 4 unspecified atom stereocenters. The zero-order chi connectivity index (χ0) is 28.4. The molecule has 0 aromatic rings. The highest BCUT2D eigenvalue weighted by Gasteiger charge is 2.30. The van der Waals surface area contributed by atoms with Crippen LogP contribution in [0.1, 0.15) is 58.8 Å². The van der Waals surface area contributed by atoms with E-state index in [0.29, 0.717) is 38.0 Å². The number of nitrogens with zero attached hydrogens (tertiary/aromatic N) is 1. The van der Waals surface area contributed by atoms with E-state index in [0.717, 1.165) is 0 Å². The second-order valence-corrected chi connectivity index (χ2v) is 10.3. The number of rotatable bonds is 20. The van der Waals surface area contributed by atoms with Crippen molar-refractivity contribution < 1.29 is 24.3 Å². The van der Waals surface area contributed by atoms with Gasteiger partial charge >= 0.3 is 5.97 Å². The smallest absolute Gasteiger partial charge is 0.326 e. The van der Waals surface area contributed by atoms with E-state index < -0.39 is 47.9 Å². The Morgan fingerprint density at radius 1 is 0.865 bits per heavy atom. The van der Waals surface area contributed by atoms with Crippen molar-refractivity contribution in [1.29, 1.82) is 0 Å². The number of hydrogen-bond donors (Lipinski definition) is 8. The summed E-state index contributed by atoms with van der Waals surface area (Å²) in [6, 6.07) is -3.88. The van der Waals surface area contributed by atoms with E-state index >= 15 is 0 Å². The first-order valence-corrected chi connectivity index (χ1v) is 14.0. The van der Waals surface area contributed by atoms with Crippen molar-refractivity contribution in [1.82, 2.24) is 16.0 Å². The van der Waals surface area contributed by atoms with Crippen LogP contribution in [0.3, 0.4) is 0 Å². The monoisotopic (exact) mass is 546 g/mol. The zero-order valence-corrected chi connectivity index (χ0v) is 23.0. The maximum atomic E-state index is 13.2. The van der Waals surface area contributed by atoms with Crippen LogP contribution in [0.15, 0.2) is 4.99 Å². The molecule has 37 heavy (non-hydrogen) atoms. The van der Waals surface area contributed by atoms with E-state index in [4.69, 9.17) is 22.9 Å². The standard InChI is InChI=1S/C23H46N8O5S/c1-14(2)13-18(22(35)36)31-21(34)16(7-4-5-10-24)30-20(33)17(8-6-11-28-23(26)27)29-19(32)15(25)9-12-37-3/h14-18H,4-13,24-25H2,1-3H3,(H,29,32)(H,30,33)(H,31,34)(H,35,36)(H4,26,27,28). The number of carbonyl (C=O) groups is 4. The zero-order valence-electron chi connectivity index (χ0n) is 22.2. The van der Waals surface area contributed by atoms with Gasteiger partial charge in [0, 0.05) is 6.54 Å². The molecule has 0 spiro atoms. The van der Waals surface area contributed by atoms with Gasteiger partial charge in [0.1, 0.15) is 18.1 Å². The number of hydrogen-bond acceptors (Lipinski definition) is 8. The van der Waals surface area contributed by atoms with Crippen LogP contribution in [-0.4, -0.2) is 84.0 Å². The summed E-state index contributed by atoms with van der Waals surface area (Å²) in [4.78, 5) is 54.3. The molecule has 0 fully saturated rings. The summed E-state index contributed by atoms with van der Waals surface area (Å²) in [6.07, 6.45) is 4.57. The van der Waals surface area contributed by atoms with Crippen LogP contribution in [0.5, 0.6) is 0 Å². The van der Waals surface area contributed by atoms with Crippen LogP contribution < -0.4 is 38.9 Å². The fraction of sp³-hybridized carbons (Fsp3) is 0.783. The first-order chi connectivity index (χ1) is 17.4. The Morgan fingerprint density at radius 2 is 1.41 bits per heavy atom. The molecule has 0 aromatic carbocycles. The Morgan fingerprint density at radius 3 is 1.89 bits per heavy atom. The highest BCUT2D eigenvalue weighted by atomic mass is 32.2. The lowest BCUT2D eigenvalue weighted by Crippen LogP contribution is -2.57. The molecule has 0 saturated heterocycles. The van der Waals surface area contributed by atoms with E-state index in [2.05, 4.69) is 20.9 Å². The molecule has 14 heteroatoms. The molecule has 214 valence electrons. The van der Waals surface area contributed by atoms with Gasteiger partial charge in [-0.25, -0.2) is 4.79 Å². The quantitative estimate of drug-likeness (QED) is 0.0517. The number of guanidine groups is 1. The number of aliphatic imine (C=N–C) groups is 1. The van der Waals surface area contributed by atoms with Gasteiger partial charge in [0.15, 0.2) is 5.96 Å². The number of carboxylic acid groups (broad SMARTS) is 1. The molecule has 0 saturated carbocycles. The molecule has 13 nitrogen and oxygen atoms in total. The number of thioether (sulfide) groups is 1. The molecule has 0 heterocycles. The second kappa shape index (κ2) is 19.5. The van der Waals surface area contributed by atoms with Gasteiger partial charge in [-0.1, -0.05) is 13.8 Å². The maximum Gasteiger partial charge on any atom is 0.326 e. The summed E-state index contributed by atoms with van der Waals surface area (Å²) in [5, 5.41) is 17.4. The van der Waals surface area contributed by atoms with Crippen molar-refractivity contribution in [3.63, 3.8) is 0 Å². The topological polar surface area (TPSA) is 241 Å². The first-order valence-electron chi connectivity index (χ1n) is 12.6. The number of carboxylic acids is 1. The van der Waals surface area contributed by atoms with Crippen LogP contribution >= 0.6 is 11.8 Å². The van der Waals surface area contributed by atoms with Crippen LogP contribution in [-0.2, 0) is 19.2 Å². The van der Waals surface area contributed by atoms with Crippen molar-refractivity contribution in [3.05, 3.63) is 0 Å². The molecule has 0 aliphatic heterocycles. The molecule has 3 amide bonds. The third kappa shape index (κ3) is 16.0. The largest absolute Gasteiger partial charge is 0.480 e. The van der Waals surface area contributed by atoms with Crippen LogP contribution in [0.4, 0.5) is 0 Å². The van der Waals surface area contributed by atoms with Gasteiger partial charge < -0.3 is 44.0 Å². The third-order valence-electron chi connectivity index (χ3n) is 5.45. The Labute approximate surface area is 223 Å². The Hall–Kier alpha value is -2.58. The molecule has 0 aliphatic carbocycles. The summed E-state index contributed by atoms with van der Waals surface area (Å²) < 4.78 is 0. The van der Waals surface area contributed by atoms with Crippen molar-refractivity contribution in [2.75, 3.05) is 25.1 Å². The minimum atomic E-state index is -1.15. The van der Waals surface area contributed by atoms with E-state index in [9.17, 15) is 24.3 Å². The van der Waals surface area contributed by atoms with E-state index in [1.165, 1.54) is 0 Å². The van der Waals surface area contributed by atoms with Crippen LogP contribution in [0, 0.1) is 5.92 Å². The molecule has 0 aliphatic rings. The number of carbonyl (C=O) groups excluding carboxylic acids is 3. The van der Waals surface area contributed by atoms with Gasteiger partial charge in [-0.3, -0.25) is 19.4 Å². The number of amides is 3. The third-order valence-corrected chi connectivity index (χ3v) is 6.09. The van der Waals surface area contributed by atoms with Crippen LogP contribution in [0.2, 0.25) is 0 Å². The predicted octanol–water partition coefficient (Wildman–Crippen LogP) is -1.17. The number of nitrogens with two attached hydrogens (primary N) is 4. The van der Waals surface area contributed by atoms with E-state index in [1.807, 2.05) is 20.1 Å². The average molecular weight is 547 g/mol. The average Bonchev–Trinajstić information content (AvgIpc) is 2.82. The SMILES string of the molecule is CSCCC(N)C(=O)NC(CCCN=C(N)N)C(=O)NC(CCCCN)C(=O)NC(CC(C)C)C(=O)O. The van der Waals surface area contributed by atoms with Crippen LogP contribution in [0.25, 0.3) is 0 Å². The van der Waals surface area contributed by atoms with Gasteiger partial charge in [0.05, 0.1) is 6.04 Å². The van der Waals surface area contributed by atoms with Gasteiger partial charge in [-0.2, -0.15) is 11.8 Å². The van der Waals surface area contributed by atoms with Crippen molar-refractivity contribution in [2.45, 2.75) is 83.0 Å². The molecule has 4 atom stereocenters. The minimum absolute atomic E-state index is 0.0341. The second-order valence-electron chi connectivity index (χ2n) is 9.27. The number of aliphatic carboxylic acids is 1. The minimum Gasteiger partial charge on any atom is -0.480 e. The van der Waals surface area contributed by atoms with Crippen molar-refractivity contribution in [2.24, 2.45) is 33.8 Å². The highest BCUT2D eigenvalue weighted by molar-refractivity contribution is 7.98. The summed E-state index contributed by atoms with van der Waals surface area (Å²) in [7, 11) is 0. The van der Waals surface area contributed by atoms with Gasteiger partial charge in [-0.05, 0) is 69.4 Å². The number of nitrogens with one attached hydrogen (secondary N) is 3. The normalized spacial score (nSPS) is 14.2. The molecular weight excluding hydrogens is 500 g/mol. The lowest BCUT2D eigenvalue weighted by Gasteiger charge is -2.25. The summed E-state index contributed by atoms with van der Waals surface area (Å²) >= 11 is 1.55. The molecule has 0 radical (unpaired) electrons. The fourth-order valence-corrected chi connectivity index (χ4v) is 3.92. The first kappa shape index (κ1) is 34.4. The maximum absolute atomic E-state index is 13.2. The Bertz CT molecular complexity index is 749. The van der Waals surface area contributed by atoms with Gasteiger partial charge in [-0.15, -0.1) is 0 Å². The summed E-state index contributed by atoms with van der Waals surface area (Å²) in [5.41, 5.74) is 22.2. The lowest BCUT2D eigenvalue weighted by atomic mass is 10.0. The molecule has 0 bridgehead atoms. The molecule has 0 aromatic heterocycles. The number of unbranched alkanes of at least 4 members (excludes halogenated alkanes) is 1. The lowest BCUT2D eigenvalue weighted by molar-refractivity contribution is -0.142. The van der Waals surface area contributed by atoms with Gasteiger partial charge in [0.2, 0.25) is 17.7 Å². The predicted molar refractivity (Wildman–Crippen MR) is 147 cm³/mol. The van der Waals surface area contributed by atoms with Crippen molar-refractivity contribution in [3.8, 4) is 0 Å². The Balaban J connectivity index is 5.60. The molecular formula is C23H46N8O5S. The summed E-state index contributed by atoms with van der Waals surface area (Å²) in [6.45, 7) is 4.35. The molecule has 0 rings (SSSR count). The summed E-state index contributed by atoms with van der Waals surface area (Å²) in [5.74, 6) is -2.21. The van der Waals surface area contributed by atoms with Gasteiger partial charge in [0.25, 0.3) is 0 Å². The fourth-order valence-electron chi connectivity index (χ4n) is 3.43.